The third-order valence-corrected chi connectivity index (χ3v) is 3.69. The number of hydrogen-bond acceptors (Lipinski definition) is 10. The molecule has 0 unspecified atom stereocenters. The molecule has 4 atom stereocenters. The van der Waals surface area contributed by atoms with Crippen LogP contribution in [0.2, 0.25) is 0 Å². The minimum absolute atomic E-state index is 0.0736. The molecule has 1 aromatic rings. The Morgan fingerprint density at radius 2 is 1.48 bits per heavy atom. The van der Waals surface area contributed by atoms with Gasteiger partial charge in [0.15, 0.2) is 17.6 Å². The number of methoxy groups -OCH3 is 3. The Hall–Kier alpha value is -2.44. The van der Waals surface area contributed by atoms with Crippen molar-refractivity contribution in [2.45, 2.75) is 24.4 Å². The van der Waals surface area contributed by atoms with Crippen molar-refractivity contribution in [1.29, 1.82) is 0 Å². The predicted octanol–water partition coefficient (Wildman–Crippen LogP) is -2.60. The van der Waals surface area contributed by atoms with E-state index in [1.165, 1.54) is 33.5 Å². The van der Waals surface area contributed by atoms with Crippen LogP contribution in [0.3, 0.4) is 0 Å². The molecule has 2 amide bonds. The summed E-state index contributed by atoms with van der Waals surface area (Å²) in [5, 5.41) is 48.7. The Kier molecular flexibility index (Phi) is 8.40. The minimum Gasteiger partial charge on any atom is -0.493 e. The van der Waals surface area contributed by atoms with Crippen LogP contribution in [0.25, 0.3) is 0 Å². The number of aliphatic hydroxyl groups excluding tert-OH is 5. The van der Waals surface area contributed by atoms with Gasteiger partial charge in [-0.25, -0.2) is 0 Å². The first-order valence-electron chi connectivity index (χ1n) is 7.70. The SMILES string of the molecule is COc1cc(C(=O)NC(=O)[C@@H](O)[C@H](O)[C@@H](O)[C@@H](O)CO)cc(OC)c1OC. The number of hydrogen-bond donors (Lipinski definition) is 6. The molecule has 0 heterocycles. The fourth-order valence-electron chi connectivity index (χ4n) is 2.15. The zero-order valence-corrected chi connectivity index (χ0v) is 14.9. The maximum Gasteiger partial charge on any atom is 0.258 e. The highest BCUT2D eigenvalue weighted by Crippen LogP contribution is 2.38. The molecule has 0 bridgehead atoms. The van der Waals surface area contributed by atoms with Crippen molar-refractivity contribution in [3.05, 3.63) is 17.7 Å². The molecule has 0 aromatic heterocycles. The lowest BCUT2D eigenvalue weighted by atomic mass is 10.0. The van der Waals surface area contributed by atoms with Crippen molar-refractivity contribution >= 4 is 11.8 Å². The molecule has 0 fully saturated rings. The van der Waals surface area contributed by atoms with Crippen LogP contribution in [-0.2, 0) is 4.79 Å². The van der Waals surface area contributed by atoms with Crippen molar-refractivity contribution < 1.29 is 49.3 Å². The molecule has 1 aromatic carbocycles. The molecule has 0 aliphatic heterocycles. The fraction of sp³-hybridized carbons (Fsp3) is 0.500. The summed E-state index contributed by atoms with van der Waals surface area (Å²) in [5.41, 5.74) is -0.0736. The fourth-order valence-corrected chi connectivity index (χ4v) is 2.15. The highest BCUT2D eigenvalue weighted by Gasteiger charge is 2.35. The van der Waals surface area contributed by atoms with Crippen LogP contribution in [-0.4, -0.2) is 89.7 Å². The van der Waals surface area contributed by atoms with Crippen LogP contribution in [0.1, 0.15) is 10.4 Å². The summed E-state index contributed by atoms with van der Waals surface area (Å²) in [6, 6.07) is 2.52. The third-order valence-electron chi connectivity index (χ3n) is 3.69. The maximum atomic E-state index is 12.2. The molecule has 0 saturated carbocycles. The first-order valence-corrected chi connectivity index (χ1v) is 7.70. The number of ether oxygens (including phenoxy) is 3. The highest BCUT2D eigenvalue weighted by molar-refractivity contribution is 6.06. The van der Waals surface area contributed by atoms with Crippen molar-refractivity contribution in [3.63, 3.8) is 0 Å². The molecule has 152 valence electrons. The first-order chi connectivity index (χ1) is 12.7. The highest BCUT2D eigenvalue weighted by atomic mass is 16.5. The standard InChI is InChI=1S/C16H23NO10/c1-25-9-4-7(5-10(26-2)14(9)27-3)15(23)17-16(24)13(22)12(21)11(20)8(19)6-18/h4-5,8,11-13,18-22H,6H2,1-3H3,(H,17,23,24)/t8-,11-,12+,13-/m0/s1. The number of carbonyl (C=O) groups excluding carboxylic acids is 2. The molecule has 6 N–H and O–H groups in total. The van der Waals surface area contributed by atoms with E-state index in [1.54, 1.807) is 0 Å². The molecular formula is C16H23NO10. The van der Waals surface area contributed by atoms with Gasteiger partial charge in [0, 0.05) is 5.56 Å². The average molecular weight is 389 g/mol. The minimum atomic E-state index is -2.24. The van der Waals surface area contributed by atoms with Crippen LogP contribution in [0, 0.1) is 0 Å². The van der Waals surface area contributed by atoms with Crippen LogP contribution >= 0.6 is 0 Å². The lowest BCUT2D eigenvalue weighted by Gasteiger charge is -2.24. The summed E-state index contributed by atoms with van der Waals surface area (Å²) in [6.45, 7) is -0.906. The quantitative estimate of drug-likeness (QED) is 0.263. The summed E-state index contributed by atoms with van der Waals surface area (Å²) in [4.78, 5) is 24.2. The van der Waals surface area contributed by atoms with E-state index in [9.17, 15) is 30.0 Å². The van der Waals surface area contributed by atoms with Gasteiger partial charge >= 0.3 is 0 Å². The van der Waals surface area contributed by atoms with E-state index in [-0.39, 0.29) is 22.8 Å². The van der Waals surface area contributed by atoms with Crippen molar-refractivity contribution in [2.75, 3.05) is 27.9 Å². The van der Waals surface area contributed by atoms with E-state index in [4.69, 9.17) is 19.3 Å². The molecule has 0 spiro atoms. The molecule has 11 heteroatoms. The topological polar surface area (TPSA) is 175 Å². The van der Waals surface area contributed by atoms with Gasteiger partial charge < -0.3 is 39.7 Å². The van der Waals surface area contributed by atoms with Crippen LogP contribution in [0.5, 0.6) is 17.2 Å². The third kappa shape index (κ3) is 5.28. The van der Waals surface area contributed by atoms with Gasteiger partial charge in [-0.15, -0.1) is 0 Å². The summed E-state index contributed by atoms with van der Waals surface area (Å²) in [5.74, 6) is -1.76. The van der Waals surface area contributed by atoms with E-state index >= 15 is 0 Å². The number of amides is 2. The Bertz CT molecular complexity index is 640. The molecule has 0 radical (unpaired) electrons. The van der Waals surface area contributed by atoms with E-state index in [0.717, 1.165) is 0 Å². The number of nitrogens with one attached hydrogen (secondary N) is 1. The number of imide groups is 1. The van der Waals surface area contributed by atoms with Gasteiger partial charge in [-0.3, -0.25) is 14.9 Å². The second-order valence-corrected chi connectivity index (χ2v) is 5.41. The Morgan fingerprint density at radius 3 is 1.89 bits per heavy atom. The summed E-state index contributed by atoms with van der Waals surface area (Å²) < 4.78 is 15.3. The average Bonchev–Trinajstić information content (AvgIpc) is 2.69. The Balaban J connectivity index is 2.96. The van der Waals surface area contributed by atoms with Crippen molar-refractivity contribution in [3.8, 4) is 17.2 Å². The normalized spacial score (nSPS) is 15.3. The zero-order valence-electron chi connectivity index (χ0n) is 14.9. The number of aliphatic hydroxyl groups is 5. The summed E-state index contributed by atoms with van der Waals surface area (Å²) >= 11 is 0. The second kappa shape index (κ2) is 10.0. The smallest absolute Gasteiger partial charge is 0.258 e. The summed E-state index contributed by atoms with van der Waals surface area (Å²) in [6.07, 6.45) is -8.17. The van der Waals surface area contributed by atoms with Gasteiger partial charge in [-0.2, -0.15) is 0 Å². The van der Waals surface area contributed by atoms with E-state index in [0.29, 0.717) is 0 Å². The molecule has 27 heavy (non-hydrogen) atoms. The van der Waals surface area contributed by atoms with Gasteiger partial charge in [0.1, 0.15) is 18.3 Å². The lowest BCUT2D eigenvalue weighted by Crippen LogP contribution is -2.52. The van der Waals surface area contributed by atoms with Crippen LogP contribution in [0.15, 0.2) is 12.1 Å². The molecule has 11 nitrogen and oxygen atoms in total. The van der Waals surface area contributed by atoms with Gasteiger partial charge in [-0.05, 0) is 12.1 Å². The number of rotatable bonds is 9. The van der Waals surface area contributed by atoms with E-state index in [1.807, 2.05) is 5.32 Å². The van der Waals surface area contributed by atoms with Gasteiger partial charge in [0.25, 0.3) is 11.8 Å². The van der Waals surface area contributed by atoms with E-state index < -0.39 is 42.8 Å². The van der Waals surface area contributed by atoms with Crippen LogP contribution < -0.4 is 19.5 Å². The van der Waals surface area contributed by atoms with Crippen molar-refractivity contribution in [2.24, 2.45) is 0 Å². The van der Waals surface area contributed by atoms with Gasteiger partial charge in [0.05, 0.1) is 27.9 Å². The molecule has 1 rings (SSSR count). The Labute approximate surface area is 154 Å². The van der Waals surface area contributed by atoms with Gasteiger partial charge in [0.2, 0.25) is 5.75 Å². The van der Waals surface area contributed by atoms with Gasteiger partial charge in [-0.1, -0.05) is 0 Å². The zero-order chi connectivity index (χ0) is 20.7. The maximum absolute atomic E-state index is 12.2. The van der Waals surface area contributed by atoms with Crippen LogP contribution in [0.4, 0.5) is 0 Å². The van der Waals surface area contributed by atoms with Crippen molar-refractivity contribution in [1.82, 2.24) is 5.32 Å². The monoisotopic (exact) mass is 389 g/mol. The molecule has 0 aliphatic carbocycles. The first kappa shape index (κ1) is 22.6. The largest absolute Gasteiger partial charge is 0.493 e. The second-order valence-electron chi connectivity index (χ2n) is 5.41. The lowest BCUT2D eigenvalue weighted by molar-refractivity contribution is -0.148. The summed E-state index contributed by atoms with van der Waals surface area (Å²) in [7, 11) is 4.03. The predicted molar refractivity (Wildman–Crippen MR) is 89.7 cm³/mol. The molecule has 0 aliphatic rings. The Morgan fingerprint density at radius 1 is 0.963 bits per heavy atom. The number of benzene rings is 1. The molecule has 0 saturated heterocycles. The number of carbonyl (C=O) groups is 2. The van der Waals surface area contributed by atoms with E-state index in [2.05, 4.69) is 0 Å². The molecular weight excluding hydrogens is 366 g/mol.